The van der Waals surface area contributed by atoms with Crippen LogP contribution in [-0.4, -0.2) is 130 Å². The Kier molecular flexibility index (Phi) is 23.9. The van der Waals surface area contributed by atoms with Crippen molar-refractivity contribution in [1.82, 2.24) is 42.5 Å². The summed E-state index contributed by atoms with van der Waals surface area (Å²) >= 11 is 6.22. The summed E-state index contributed by atoms with van der Waals surface area (Å²) in [5, 5.41) is 49.3. The minimum atomic E-state index is -1.89. The van der Waals surface area contributed by atoms with E-state index in [0.29, 0.717) is 21.7 Å². The molecule has 8 amide bonds. The van der Waals surface area contributed by atoms with Crippen molar-refractivity contribution in [2.75, 3.05) is 6.54 Å². The van der Waals surface area contributed by atoms with E-state index in [1.807, 2.05) is 0 Å². The monoisotopic (exact) mass is 1060 g/mol. The van der Waals surface area contributed by atoms with Gasteiger partial charge in [0.05, 0.1) is 12.8 Å². The van der Waals surface area contributed by atoms with Gasteiger partial charge in [0.2, 0.25) is 41.4 Å². The number of carboxylic acid groups (broad SMARTS) is 3. The zero-order valence-electron chi connectivity index (χ0n) is 41.3. The molecule has 0 aliphatic carbocycles. The first-order valence-corrected chi connectivity index (χ1v) is 24.6. The fourth-order valence-electron chi connectivity index (χ4n) is 7.76. The van der Waals surface area contributed by atoms with Crippen molar-refractivity contribution in [3.05, 3.63) is 107 Å². The Morgan fingerprint density at radius 1 is 0.667 bits per heavy atom. The van der Waals surface area contributed by atoms with Crippen LogP contribution in [-0.2, 0) is 72.1 Å². The van der Waals surface area contributed by atoms with Crippen molar-refractivity contribution >= 4 is 77.0 Å². The number of alkyl carbamates (subject to hydrolysis) is 1. The third kappa shape index (κ3) is 21.1. The molecule has 1 aliphatic rings. The maximum atomic E-state index is 14.2. The molecule has 24 heteroatoms. The summed E-state index contributed by atoms with van der Waals surface area (Å²) in [7, 11) is 0. The van der Waals surface area contributed by atoms with Crippen molar-refractivity contribution in [2.24, 2.45) is 5.92 Å². The number of nitrogens with one attached hydrogen (secondary N) is 8. The molecule has 3 aromatic carbocycles. The van der Waals surface area contributed by atoms with Crippen molar-refractivity contribution in [1.29, 1.82) is 0 Å². The number of aliphatic carboxylic acids is 3. The van der Waals surface area contributed by atoms with Crippen LogP contribution in [0.1, 0.15) is 81.9 Å². The van der Waals surface area contributed by atoms with Crippen molar-refractivity contribution in [3.8, 4) is 0 Å². The first-order chi connectivity index (χ1) is 35.7. The average Bonchev–Trinajstić information content (AvgIpc) is 3.35. The molecule has 0 aromatic heterocycles. The Morgan fingerprint density at radius 3 is 1.87 bits per heavy atom. The number of hydrogen-bond donors (Lipinski definition) is 11. The van der Waals surface area contributed by atoms with Gasteiger partial charge in [-0.15, -0.1) is 0 Å². The topological polar surface area (TPSA) is 354 Å². The number of carboxylic acids is 3. The Balaban J connectivity index is 1.58. The number of carbonyl (C=O) groups is 11. The Hall–Kier alpha value is -8.08. The van der Waals surface area contributed by atoms with Gasteiger partial charge in [-0.25, -0.2) is 9.59 Å². The number of ether oxygens (including phenoxy) is 1. The molecular formula is C51H63ClN8O15. The molecule has 0 saturated carbocycles. The Labute approximate surface area is 437 Å². The molecule has 23 nitrogen and oxygen atoms in total. The third-order valence-electron chi connectivity index (χ3n) is 11.6. The summed E-state index contributed by atoms with van der Waals surface area (Å²) in [6.07, 6.45) is -4.09. The summed E-state index contributed by atoms with van der Waals surface area (Å²) in [6.45, 7) is 3.15. The van der Waals surface area contributed by atoms with Crippen LogP contribution in [0.3, 0.4) is 0 Å². The number of benzene rings is 3. The van der Waals surface area contributed by atoms with Crippen LogP contribution in [0.4, 0.5) is 4.79 Å². The average molecular weight is 1060 g/mol. The van der Waals surface area contributed by atoms with Crippen molar-refractivity contribution < 1.29 is 72.8 Å². The molecule has 1 fully saturated rings. The maximum Gasteiger partial charge on any atom is 0.408 e. The van der Waals surface area contributed by atoms with E-state index < -0.39 is 120 Å². The van der Waals surface area contributed by atoms with Gasteiger partial charge in [-0.3, -0.25) is 43.2 Å². The van der Waals surface area contributed by atoms with E-state index in [1.165, 1.54) is 0 Å². The number of halogens is 1. The molecule has 3 aromatic rings. The number of amides is 8. The van der Waals surface area contributed by atoms with Crippen LogP contribution in [0.15, 0.2) is 84.9 Å². The summed E-state index contributed by atoms with van der Waals surface area (Å²) in [5.74, 6) is -11.8. The van der Waals surface area contributed by atoms with E-state index in [1.54, 1.807) is 98.8 Å². The van der Waals surface area contributed by atoms with Crippen molar-refractivity contribution in [3.63, 3.8) is 0 Å². The predicted octanol–water partition coefficient (Wildman–Crippen LogP) is 1.49. The molecule has 1 saturated heterocycles. The van der Waals surface area contributed by atoms with Gasteiger partial charge in [-0.2, -0.15) is 0 Å². The van der Waals surface area contributed by atoms with Crippen LogP contribution in [0, 0.1) is 5.92 Å². The highest BCUT2D eigenvalue weighted by molar-refractivity contribution is 6.31. The lowest BCUT2D eigenvalue weighted by Gasteiger charge is -2.28. The largest absolute Gasteiger partial charge is 0.481 e. The lowest BCUT2D eigenvalue weighted by molar-refractivity contribution is -0.143. The number of rotatable bonds is 20. The molecule has 0 radical (unpaired) electrons. The van der Waals surface area contributed by atoms with Gasteiger partial charge in [-0.05, 0) is 55.2 Å². The highest BCUT2D eigenvalue weighted by atomic mass is 35.5. The van der Waals surface area contributed by atoms with Crippen LogP contribution in [0.25, 0.3) is 0 Å². The lowest BCUT2D eigenvalue weighted by atomic mass is 10.0. The second-order valence-corrected chi connectivity index (χ2v) is 18.6. The van der Waals surface area contributed by atoms with Gasteiger partial charge in [0.15, 0.2) is 0 Å². The van der Waals surface area contributed by atoms with Crippen LogP contribution < -0.4 is 42.5 Å². The maximum absolute atomic E-state index is 14.2. The van der Waals surface area contributed by atoms with Gasteiger partial charge in [0, 0.05) is 36.4 Å². The van der Waals surface area contributed by atoms with E-state index in [9.17, 15) is 68.1 Å². The molecule has 4 rings (SSSR count). The molecule has 1 heterocycles. The summed E-state index contributed by atoms with van der Waals surface area (Å²) < 4.78 is 5.37. The van der Waals surface area contributed by atoms with E-state index in [-0.39, 0.29) is 70.4 Å². The minimum Gasteiger partial charge on any atom is -0.481 e. The standard InChI is InChI=1S/C51H63ClN8O15/c1-29(2)23-36-46(68)58-38(26-42(62)63)48(70)54-34(44(66)57-39(27-43(64)65)49(71)59-40(50(72)73)25-31-15-7-4-8-16-31)19-11-12-22-53-41(61)21-20-35(45(67)56-36)55-47(69)37(24-30-13-5-3-6-14-30)60-51(74)75-28-32-17-9-10-18-33(32)52/h3-10,13-18,29,34-40H,11-12,19-28H2,1-2H3,(H,53,61)(H,54,70)(H,55,69)(H,56,67)(H,57,66)(H,58,68)(H,59,71)(H,60,74)(H,62,63)(H,64,65)(H,72,73)/t34-,35-,36?,37-,38?,39-,40-/m0/s1. The molecule has 1 aliphatic heterocycles. The lowest BCUT2D eigenvalue weighted by Crippen LogP contribution is -2.60. The quantitative estimate of drug-likeness (QED) is 0.0764. The number of carbonyl (C=O) groups excluding carboxylic acids is 8. The van der Waals surface area contributed by atoms with Gasteiger partial charge < -0.3 is 62.6 Å². The van der Waals surface area contributed by atoms with Gasteiger partial charge >= 0.3 is 24.0 Å². The van der Waals surface area contributed by atoms with E-state index in [2.05, 4.69) is 42.5 Å². The highest BCUT2D eigenvalue weighted by Crippen LogP contribution is 2.17. The zero-order valence-corrected chi connectivity index (χ0v) is 42.1. The van der Waals surface area contributed by atoms with Crippen LogP contribution in [0.5, 0.6) is 0 Å². The van der Waals surface area contributed by atoms with E-state index >= 15 is 0 Å². The number of hydrogen-bond acceptors (Lipinski definition) is 12. The SMILES string of the molecule is CC(C)CC1NC(=O)[C@@H](NC(=O)[C@H](Cc2ccccc2)NC(=O)OCc2ccccc2Cl)CCC(=O)NCCCC[C@@H](C(=O)N[C@@H](CC(=O)O)C(=O)N[C@@H](Cc2ccccc2)C(=O)O)NC(=O)C(CC(=O)O)NC1=O. The molecule has 75 heavy (non-hydrogen) atoms. The molecule has 2 unspecified atom stereocenters. The third-order valence-corrected chi connectivity index (χ3v) is 12.0. The second kappa shape index (κ2) is 30.2. The first-order valence-electron chi connectivity index (χ1n) is 24.2. The fraction of sp³-hybridized carbons (Fsp3) is 0.431. The summed E-state index contributed by atoms with van der Waals surface area (Å²) in [6, 6.07) is 12.2. The molecule has 0 bridgehead atoms. The molecule has 404 valence electrons. The minimum absolute atomic E-state index is 0.0140. The van der Waals surface area contributed by atoms with E-state index in [0.717, 1.165) is 0 Å². The molecular weight excluding hydrogens is 1000 g/mol. The zero-order chi connectivity index (χ0) is 55.0. The molecule has 0 spiro atoms. The van der Waals surface area contributed by atoms with Crippen LogP contribution in [0.2, 0.25) is 5.02 Å². The smallest absolute Gasteiger partial charge is 0.408 e. The van der Waals surface area contributed by atoms with E-state index in [4.69, 9.17) is 16.3 Å². The van der Waals surface area contributed by atoms with Crippen LogP contribution >= 0.6 is 11.6 Å². The second-order valence-electron chi connectivity index (χ2n) is 18.2. The fourth-order valence-corrected chi connectivity index (χ4v) is 7.95. The molecule has 11 N–H and O–H groups in total. The Morgan fingerprint density at radius 2 is 1.27 bits per heavy atom. The molecule has 7 atom stereocenters. The van der Waals surface area contributed by atoms with Crippen molar-refractivity contribution in [2.45, 2.75) is 127 Å². The first kappa shape index (κ1) is 59.5. The Bertz CT molecular complexity index is 2500. The summed E-state index contributed by atoms with van der Waals surface area (Å²) in [4.78, 5) is 146. The summed E-state index contributed by atoms with van der Waals surface area (Å²) in [5.41, 5.74) is 1.64. The highest BCUT2D eigenvalue weighted by Gasteiger charge is 2.36. The van der Waals surface area contributed by atoms with Gasteiger partial charge in [-0.1, -0.05) is 104 Å². The van der Waals surface area contributed by atoms with Gasteiger partial charge in [0.25, 0.3) is 0 Å². The predicted molar refractivity (Wildman–Crippen MR) is 268 cm³/mol. The van der Waals surface area contributed by atoms with Gasteiger partial charge in [0.1, 0.15) is 48.9 Å². The normalized spacial score (nSPS) is 19.1.